The lowest BCUT2D eigenvalue weighted by Gasteiger charge is -2.32. The van der Waals surface area contributed by atoms with Crippen molar-refractivity contribution in [2.75, 3.05) is 26.7 Å². The molecule has 108 valence electrons. The predicted octanol–water partition coefficient (Wildman–Crippen LogP) is 3.69. The summed E-state index contributed by atoms with van der Waals surface area (Å²) < 4.78 is 1.18. The van der Waals surface area contributed by atoms with Gasteiger partial charge in [-0.1, -0.05) is 28.1 Å². The molecule has 1 aromatic carbocycles. The lowest BCUT2D eigenvalue weighted by molar-refractivity contribution is 0.172. The topological polar surface area (TPSA) is 15.3 Å². The molecule has 1 aliphatic heterocycles. The van der Waals surface area contributed by atoms with E-state index in [1.807, 2.05) is 7.05 Å². The van der Waals surface area contributed by atoms with Crippen LogP contribution in [0.1, 0.15) is 24.8 Å². The third-order valence-electron chi connectivity index (χ3n) is 3.80. The van der Waals surface area contributed by atoms with Gasteiger partial charge in [-0.2, -0.15) is 0 Å². The van der Waals surface area contributed by atoms with Crippen molar-refractivity contribution in [2.24, 2.45) is 5.92 Å². The standard InChI is InChI=1S/C15H23BrN2.ClH/c1-17-8-5-13-6-9-18(10-7-13)12-14-3-2-4-15(16)11-14;/h2-4,11,13,17H,5-10,12H2,1H3;1H. The van der Waals surface area contributed by atoms with Crippen LogP contribution in [-0.2, 0) is 6.54 Å². The highest BCUT2D eigenvalue weighted by Gasteiger charge is 2.18. The molecule has 1 heterocycles. The molecule has 19 heavy (non-hydrogen) atoms. The largest absolute Gasteiger partial charge is 0.320 e. The Morgan fingerprint density at radius 2 is 2.05 bits per heavy atom. The lowest BCUT2D eigenvalue weighted by atomic mass is 9.93. The molecule has 4 heteroatoms. The molecule has 1 aliphatic rings. The summed E-state index contributed by atoms with van der Waals surface area (Å²) >= 11 is 3.54. The van der Waals surface area contributed by atoms with E-state index in [0.29, 0.717) is 0 Å². The molecule has 0 spiro atoms. The van der Waals surface area contributed by atoms with E-state index in [-0.39, 0.29) is 12.4 Å². The molecule has 1 saturated heterocycles. The van der Waals surface area contributed by atoms with Gasteiger partial charge in [0, 0.05) is 11.0 Å². The maximum atomic E-state index is 3.54. The van der Waals surface area contributed by atoms with Gasteiger partial charge < -0.3 is 5.32 Å². The van der Waals surface area contributed by atoms with Crippen LogP contribution in [-0.4, -0.2) is 31.6 Å². The maximum Gasteiger partial charge on any atom is 0.0234 e. The first-order valence-electron chi connectivity index (χ1n) is 6.89. The molecule has 0 radical (unpaired) electrons. The molecule has 0 aromatic heterocycles. The van der Waals surface area contributed by atoms with Crippen LogP contribution in [0, 0.1) is 5.92 Å². The zero-order chi connectivity index (χ0) is 12.8. The molecule has 1 aromatic rings. The van der Waals surface area contributed by atoms with Crippen molar-refractivity contribution >= 4 is 28.3 Å². The average molecular weight is 348 g/mol. The van der Waals surface area contributed by atoms with Gasteiger partial charge in [0.1, 0.15) is 0 Å². The van der Waals surface area contributed by atoms with Crippen molar-refractivity contribution in [3.8, 4) is 0 Å². The third kappa shape index (κ3) is 5.82. The van der Waals surface area contributed by atoms with Crippen molar-refractivity contribution in [2.45, 2.75) is 25.8 Å². The highest BCUT2D eigenvalue weighted by atomic mass is 79.9. The van der Waals surface area contributed by atoms with Crippen LogP contribution in [0.4, 0.5) is 0 Å². The average Bonchev–Trinajstić information content (AvgIpc) is 2.38. The summed E-state index contributed by atoms with van der Waals surface area (Å²) in [4.78, 5) is 2.58. The van der Waals surface area contributed by atoms with Crippen molar-refractivity contribution in [3.63, 3.8) is 0 Å². The van der Waals surface area contributed by atoms with Gasteiger partial charge in [-0.15, -0.1) is 12.4 Å². The number of benzene rings is 1. The van der Waals surface area contributed by atoms with E-state index in [4.69, 9.17) is 0 Å². The summed E-state index contributed by atoms with van der Waals surface area (Å²) in [5.74, 6) is 0.927. The Morgan fingerprint density at radius 3 is 2.68 bits per heavy atom. The molecule has 0 amide bonds. The first-order chi connectivity index (χ1) is 8.78. The van der Waals surface area contributed by atoms with Crippen molar-refractivity contribution in [1.29, 1.82) is 0 Å². The fourth-order valence-corrected chi connectivity index (χ4v) is 3.12. The maximum absolute atomic E-state index is 3.54. The normalized spacial score (nSPS) is 17.2. The zero-order valence-electron chi connectivity index (χ0n) is 11.6. The summed E-state index contributed by atoms with van der Waals surface area (Å²) in [5, 5.41) is 3.25. The Bertz CT molecular complexity index is 365. The first kappa shape index (κ1) is 17.0. The number of halogens is 2. The van der Waals surface area contributed by atoms with Crippen molar-refractivity contribution < 1.29 is 0 Å². The summed E-state index contributed by atoms with van der Waals surface area (Å²) in [5.41, 5.74) is 1.41. The summed E-state index contributed by atoms with van der Waals surface area (Å²) in [6, 6.07) is 8.66. The molecule has 1 N–H and O–H groups in total. The van der Waals surface area contributed by atoms with Crippen LogP contribution >= 0.6 is 28.3 Å². The second kappa shape index (κ2) is 8.96. The van der Waals surface area contributed by atoms with Gasteiger partial charge in [-0.05, 0) is 69.6 Å². The second-order valence-electron chi connectivity index (χ2n) is 5.24. The Labute approximate surface area is 131 Å². The van der Waals surface area contributed by atoms with E-state index < -0.39 is 0 Å². The van der Waals surface area contributed by atoms with Crippen LogP contribution in [0.15, 0.2) is 28.7 Å². The van der Waals surface area contributed by atoms with Gasteiger partial charge in [0.05, 0.1) is 0 Å². The first-order valence-corrected chi connectivity index (χ1v) is 7.68. The number of hydrogen-bond acceptors (Lipinski definition) is 2. The van der Waals surface area contributed by atoms with Gasteiger partial charge in [-0.3, -0.25) is 4.90 Å². The monoisotopic (exact) mass is 346 g/mol. The quantitative estimate of drug-likeness (QED) is 0.874. The van der Waals surface area contributed by atoms with E-state index >= 15 is 0 Å². The Hall–Kier alpha value is -0.0900. The van der Waals surface area contributed by atoms with E-state index in [1.165, 1.54) is 42.4 Å². The van der Waals surface area contributed by atoms with Gasteiger partial charge >= 0.3 is 0 Å². The number of hydrogen-bond donors (Lipinski definition) is 1. The molecule has 0 aliphatic carbocycles. The fraction of sp³-hybridized carbons (Fsp3) is 0.600. The molecular weight excluding hydrogens is 324 g/mol. The molecule has 1 fully saturated rings. The molecule has 2 nitrogen and oxygen atoms in total. The summed E-state index contributed by atoms with van der Waals surface area (Å²) in [6.07, 6.45) is 4.05. The number of rotatable bonds is 5. The molecule has 0 saturated carbocycles. The number of nitrogens with zero attached hydrogens (tertiary/aromatic N) is 1. The van der Waals surface area contributed by atoms with E-state index in [9.17, 15) is 0 Å². The van der Waals surface area contributed by atoms with Gasteiger partial charge in [-0.25, -0.2) is 0 Å². The fourth-order valence-electron chi connectivity index (χ4n) is 2.68. The minimum atomic E-state index is 0. The summed E-state index contributed by atoms with van der Waals surface area (Å²) in [6.45, 7) is 4.76. The molecule has 0 atom stereocenters. The van der Waals surface area contributed by atoms with E-state index in [2.05, 4.69) is 50.4 Å². The zero-order valence-corrected chi connectivity index (χ0v) is 14.0. The van der Waals surface area contributed by atoms with Crippen LogP contribution in [0.2, 0.25) is 0 Å². The molecule has 0 bridgehead atoms. The number of likely N-dealkylation sites (tertiary alicyclic amines) is 1. The second-order valence-corrected chi connectivity index (χ2v) is 6.16. The van der Waals surface area contributed by atoms with Crippen LogP contribution in [0.5, 0.6) is 0 Å². The van der Waals surface area contributed by atoms with Crippen LogP contribution in [0.25, 0.3) is 0 Å². The summed E-state index contributed by atoms with van der Waals surface area (Å²) in [7, 11) is 2.04. The number of piperidine rings is 1. The van der Waals surface area contributed by atoms with Gasteiger partial charge in [0.25, 0.3) is 0 Å². The molecule has 0 unspecified atom stereocenters. The van der Waals surface area contributed by atoms with E-state index in [0.717, 1.165) is 19.0 Å². The van der Waals surface area contributed by atoms with Crippen molar-refractivity contribution in [3.05, 3.63) is 34.3 Å². The number of nitrogens with one attached hydrogen (secondary N) is 1. The van der Waals surface area contributed by atoms with Crippen molar-refractivity contribution in [1.82, 2.24) is 10.2 Å². The van der Waals surface area contributed by atoms with E-state index in [1.54, 1.807) is 0 Å². The molecular formula is C15H24BrClN2. The Balaban J connectivity index is 0.00000180. The highest BCUT2D eigenvalue weighted by molar-refractivity contribution is 9.10. The van der Waals surface area contributed by atoms with Gasteiger partial charge in [0.2, 0.25) is 0 Å². The smallest absolute Gasteiger partial charge is 0.0234 e. The van der Waals surface area contributed by atoms with Crippen LogP contribution < -0.4 is 5.32 Å². The highest BCUT2D eigenvalue weighted by Crippen LogP contribution is 2.22. The Morgan fingerprint density at radius 1 is 1.32 bits per heavy atom. The third-order valence-corrected chi connectivity index (χ3v) is 4.30. The molecule has 2 rings (SSSR count). The van der Waals surface area contributed by atoms with Gasteiger partial charge in [0.15, 0.2) is 0 Å². The Kier molecular flexibility index (Phi) is 8.00. The SMILES string of the molecule is CNCCC1CCN(Cc2cccc(Br)c2)CC1.Cl. The predicted molar refractivity (Wildman–Crippen MR) is 87.9 cm³/mol. The van der Waals surface area contributed by atoms with Crippen LogP contribution in [0.3, 0.4) is 0 Å². The minimum absolute atomic E-state index is 0. The lowest BCUT2D eigenvalue weighted by Crippen LogP contribution is -2.34. The minimum Gasteiger partial charge on any atom is -0.320 e.